The Labute approximate surface area is 113 Å². The van der Waals surface area contributed by atoms with E-state index in [-0.39, 0.29) is 12.0 Å². The zero-order valence-corrected chi connectivity index (χ0v) is 11.0. The summed E-state index contributed by atoms with van der Waals surface area (Å²) in [5.74, 6) is 0.288. The van der Waals surface area contributed by atoms with Crippen molar-refractivity contribution in [2.24, 2.45) is 5.92 Å². The van der Waals surface area contributed by atoms with Crippen LogP contribution in [0.4, 0.5) is 4.79 Å². The van der Waals surface area contributed by atoms with Gasteiger partial charge in [0.05, 0.1) is 0 Å². The van der Waals surface area contributed by atoms with E-state index in [9.17, 15) is 9.59 Å². The lowest BCUT2D eigenvalue weighted by Gasteiger charge is -2.31. The van der Waals surface area contributed by atoms with Crippen LogP contribution >= 0.6 is 0 Å². The Bertz CT molecular complexity index is 419. The number of rotatable bonds is 4. The van der Waals surface area contributed by atoms with Crippen LogP contribution in [0.3, 0.4) is 0 Å². The number of amides is 1. The number of piperidine rings is 1. The summed E-state index contributed by atoms with van der Waals surface area (Å²) in [6, 6.07) is 9.63. The molecule has 1 aliphatic rings. The van der Waals surface area contributed by atoms with Crippen molar-refractivity contribution in [1.82, 2.24) is 4.90 Å². The van der Waals surface area contributed by atoms with Crippen LogP contribution in [0, 0.1) is 5.92 Å². The van der Waals surface area contributed by atoms with E-state index < -0.39 is 0 Å². The number of carbonyl (C=O) groups is 2. The SMILES string of the molecule is O=CC[C@@H]1CCCN(C(=O)OCc2ccccc2)C1. The number of ether oxygens (including phenoxy) is 1. The quantitative estimate of drug-likeness (QED) is 0.783. The maximum Gasteiger partial charge on any atom is 0.410 e. The summed E-state index contributed by atoms with van der Waals surface area (Å²) in [7, 11) is 0. The molecule has 0 saturated carbocycles. The Hall–Kier alpha value is -1.84. The minimum Gasteiger partial charge on any atom is -0.445 e. The largest absolute Gasteiger partial charge is 0.445 e. The first-order chi connectivity index (χ1) is 9.29. The summed E-state index contributed by atoms with van der Waals surface area (Å²) in [6.07, 6.45) is 3.14. The van der Waals surface area contributed by atoms with Crippen LogP contribution in [-0.2, 0) is 16.1 Å². The first-order valence-electron chi connectivity index (χ1n) is 6.69. The van der Waals surface area contributed by atoms with E-state index in [0.29, 0.717) is 19.6 Å². The molecule has 0 unspecified atom stereocenters. The Morgan fingerprint density at radius 1 is 1.37 bits per heavy atom. The van der Waals surface area contributed by atoms with E-state index in [0.717, 1.165) is 31.2 Å². The Balaban J connectivity index is 1.81. The van der Waals surface area contributed by atoms with E-state index in [1.54, 1.807) is 4.90 Å². The molecule has 0 aromatic heterocycles. The van der Waals surface area contributed by atoms with E-state index in [1.807, 2.05) is 30.3 Å². The second-order valence-electron chi connectivity index (χ2n) is 4.90. The zero-order valence-electron chi connectivity index (χ0n) is 11.0. The molecule has 0 aliphatic carbocycles. The average Bonchev–Trinajstić information content (AvgIpc) is 2.46. The van der Waals surface area contributed by atoms with Gasteiger partial charge in [-0.25, -0.2) is 4.79 Å². The highest BCUT2D eigenvalue weighted by molar-refractivity contribution is 5.67. The molecule has 1 saturated heterocycles. The molecular formula is C15H19NO3. The van der Waals surface area contributed by atoms with Crippen LogP contribution in [0.25, 0.3) is 0 Å². The first kappa shape index (κ1) is 13.6. The van der Waals surface area contributed by atoms with Crippen molar-refractivity contribution in [2.75, 3.05) is 13.1 Å². The standard InChI is InChI=1S/C15H19NO3/c17-10-8-13-7-4-9-16(11-13)15(18)19-12-14-5-2-1-3-6-14/h1-3,5-6,10,13H,4,7-9,11-12H2/t13-/m0/s1. The Morgan fingerprint density at radius 3 is 2.89 bits per heavy atom. The van der Waals surface area contributed by atoms with Crippen molar-refractivity contribution < 1.29 is 14.3 Å². The fraction of sp³-hybridized carbons (Fsp3) is 0.467. The number of benzene rings is 1. The highest BCUT2D eigenvalue weighted by Gasteiger charge is 2.24. The molecule has 0 N–H and O–H groups in total. The van der Waals surface area contributed by atoms with Gasteiger partial charge in [-0.1, -0.05) is 30.3 Å². The molecule has 1 amide bonds. The Morgan fingerprint density at radius 2 is 2.16 bits per heavy atom. The number of likely N-dealkylation sites (tertiary alicyclic amines) is 1. The van der Waals surface area contributed by atoms with Gasteiger partial charge >= 0.3 is 6.09 Å². The normalized spacial score (nSPS) is 18.9. The van der Waals surface area contributed by atoms with Gasteiger partial charge in [0.25, 0.3) is 0 Å². The van der Waals surface area contributed by atoms with Gasteiger partial charge < -0.3 is 14.4 Å². The maximum atomic E-state index is 11.9. The molecule has 0 radical (unpaired) electrons. The highest BCUT2D eigenvalue weighted by atomic mass is 16.6. The summed E-state index contributed by atoms with van der Waals surface area (Å²) in [4.78, 5) is 24.2. The van der Waals surface area contributed by atoms with Gasteiger partial charge in [-0.15, -0.1) is 0 Å². The summed E-state index contributed by atoms with van der Waals surface area (Å²) in [5.41, 5.74) is 0.984. The third-order valence-corrected chi connectivity index (χ3v) is 3.41. The summed E-state index contributed by atoms with van der Waals surface area (Å²) >= 11 is 0. The Kier molecular flexibility index (Phi) is 4.95. The molecule has 1 aromatic rings. The van der Waals surface area contributed by atoms with Crippen molar-refractivity contribution in [3.05, 3.63) is 35.9 Å². The third-order valence-electron chi connectivity index (χ3n) is 3.41. The predicted molar refractivity (Wildman–Crippen MR) is 71.6 cm³/mol. The van der Waals surface area contributed by atoms with Crippen molar-refractivity contribution >= 4 is 12.4 Å². The lowest BCUT2D eigenvalue weighted by Crippen LogP contribution is -2.40. The summed E-state index contributed by atoms with van der Waals surface area (Å²) in [6.45, 7) is 1.66. The number of carbonyl (C=O) groups excluding carboxylic acids is 2. The van der Waals surface area contributed by atoms with E-state index >= 15 is 0 Å². The van der Waals surface area contributed by atoms with Crippen LogP contribution < -0.4 is 0 Å². The summed E-state index contributed by atoms with van der Waals surface area (Å²) < 4.78 is 5.29. The van der Waals surface area contributed by atoms with Gasteiger partial charge in [0.2, 0.25) is 0 Å². The fourth-order valence-corrected chi connectivity index (χ4v) is 2.37. The third kappa shape index (κ3) is 4.09. The second kappa shape index (κ2) is 6.92. The van der Waals surface area contributed by atoms with Crippen LogP contribution in [-0.4, -0.2) is 30.4 Å². The van der Waals surface area contributed by atoms with Crippen molar-refractivity contribution in [2.45, 2.75) is 25.9 Å². The minimum absolute atomic E-state index is 0.278. The molecule has 2 rings (SSSR count). The molecule has 4 heteroatoms. The maximum absolute atomic E-state index is 11.9. The molecular weight excluding hydrogens is 242 g/mol. The number of aldehydes is 1. The average molecular weight is 261 g/mol. The van der Waals surface area contributed by atoms with Crippen LogP contribution in [0.5, 0.6) is 0 Å². The fourth-order valence-electron chi connectivity index (χ4n) is 2.37. The number of hydrogen-bond donors (Lipinski definition) is 0. The van der Waals surface area contributed by atoms with Crippen molar-refractivity contribution in [3.63, 3.8) is 0 Å². The second-order valence-corrected chi connectivity index (χ2v) is 4.90. The topological polar surface area (TPSA) is 46.6 Å². The number of hydrogen-bond acceptors (Lipinski definition) is 3. The van der Waals surface area contributed by atoms with Crippen LogP contribution in [0.1, 0.15) is 24.8 Å². The van der Waals surface area contributed by atoms with Crippen LogP contribution in [0.2, 0.25) is 0 Å². The highest BCUT2D eigenvalue weighted by Crippen LogP contribution is 2.19. The predicted octanol–water partition coefficient (Wildman–Crippen LogP) is 2.62. The van der Waals surface area contributed by atoms with E-state index in [1.165, 1.54) is 0 Å². The van der Waals surface area contributed by atoms with Gasteiger partial charge in [-0.3, -0.25) is 0 Å². The molecule has 0 bridgehead atoms. The zero-order chi connectivity index (χ0) is 13.5. The molecule has 102 valence electrons. The molecule has 4 nitrogen and oxygen atoms in total. The van der Waals surface area contributed by atoms with Gasteiger partial charge in [0, 0.05) is 19.5 Å². The lowest BCUT2D eigenvalue weighted by molar-refractivity contribution is -0.109. The lowest BCUT2D eigenvalue weighted by atomic mass is 9.96. The van der Waals surface area contributed by atoms with Gasteiger partial charge in [-0.05, 0) is 24.3 Å². The molecule has 1 fully saturated rings. The van der Waals surface area contributed by atoms with Gasteiger partial charge in [0.1, 0.15) is 12.9 Å². The van der Waals surface area contributed by atoms with E-state index in [4.69, 9.17) is 4.74 Å². The van der Waals surface area contributed by atoms with Gasteiger partial charge in [0.15, 0.2) is 0 Å². The minimum atomic E-state index is -0.278. The molecule has 1 heterocycles. The van der Waals surface area contributed by atoms with Gasteiger partial charge in [-0.2, -0.15) is 0 Å². The molecule has 1 atom stereocenters. The molecule has 1 aliphatic heterocycles. The van der Waals surface area contributed by atoms with Crippen molar-refractivity contribution in [3.8, 4) is 0 Å². The van der Waals surface area contributed by atoms with E-state index in [2.05, 4.69) is 0 Å². The van der Waals surface area contributed by atoms with Crippen LogP contribution in [0.15, 0.2) is 30.3 Å². The number of nitrogens with zero attached hydrogens (tertiary/aromatic N) is 1. The monoisotopic (exact) mass is 261 g/mol. The molecule has 1 aromatic carbocycles. The smallest absolute Gasteiger partial charge is 0.410 e. The van der Waals surface area contributed by atoms with Crippen molar-refractivity contribution in [1.29, 1.82) is 0 Å². The summed E-state index contributed by atoms with van der Waals surface area (Å²) in [5, 5.41) is 0. The first-order valence-corrected chi connectivity index (χ1v) is 6.69. The molecule has 19 heavy (non-hydrogen) atoms. The molecule has 0 spiro atoms.